The zero-order chi connectivity index (χ0) is 19.2. The Labute approximate surface area is 158 Å². The molecule has 0 aliphatic carbocycles. The molecule has 148 valence electrons. The van der Waals surface area contributed by atoms with Crippen LogP contribution in [0.2, 0.25) is 0 Å². The number of piperazine rings is 1. The molecule has 2 heterocycles. The van der Waals surface area contributed by atoms with Gasteiger partial charge < -0.3 is 19.9 Å². The van der Waals surface area contributed by atoms with E-state index in [1.807, 2.05) is 24.3 Å². The summed E-state index contributed by atoms with van der Waals surface area (Å²) in [6, 6.07) is 7.56. The molecule has 27 heavy (non-hydrogen) atoms. The van der Waals surface area contributed by atoms with Crippen LogP contribution in [0.15, 0.2) is 24.3 Å². The number of cyclic esters (lactones) is 1. The molecule has 2 aliphatic heterocycles. The third-order valence-electron chi connectivity index (χ3n) is 4.54. The Hall–Kier alpha value is -2.36. The second-order valence-electron chi connectivity index (χ2n) is 6.49. The van der Waals surface area contributed by atoms with Crippen molar-refractivity contribution in [2.24, 2.45) is 5.73 Å². The molecule has 1 aromatic rings. The molecular formula is C18H26N4O5. The highest BCUT2D eigenvalue weighted by Crippen LogP contribution is 2.22. The molecule has 2 aliphatic rings. The number of hydrogen-bond acceptors (Lipinski definition) is 8. The Kier molecular flexibility index (Phi) is 6.49. The molecule has 3 N–H and O–H groups in total. The van der Waals surface area contributed by atoms with Gasteiger partial charge in [-0.15, -0.1) is 0 Å². The van der Waals surface area contributed by atoms with Crippen molar-refractivity contribution >= 4 is 17.9 Å². The average Bonchev–Trinajstić information content (AvgIpc) is 3.02. The lowest BCUT2D eigenvalue weighted by atomic mass is 10.2. The van der Waals surface area contributed by atoms with Crippen LogP contribution in [0.4, 0.5) is 15.3 Å². The highest BCUT2D eigenvalue weighted by molar-refractivity contribution is 5.89. The summed E-state index contributed by atoms with van der Waals surface area (Å²) in [5.74, 6) is 0. The predicted octanol–water partition coefficient (Wildman–Crippen LogP) is 0.875. The molecule has 0 bridgehead atoms. The minimum absolute atomic E-state index is 0.243. The molecule has 2 saturated heterocycles. The molecule has 1 amide bonds. The van der Waals surface area contributed by atoms with Gasteiger partial charge in [0.2, 0.25) is 0 Å². The summed E-state index contributed by atoms with van der Waals surface area (Å²) in [5.41, 5.74) is 7.42. The van der Waals surface area contributed by atoms with Crippen molar-refractivity contribution in [1.82, 2.24) is 10.2 Å². The molecule has 0 radical (unpaired) electrons. The molecule has 1 aromatic carbocycles. The van der Waals surface area contributed by atoms with Gasteiger partial charge in [0, 0.05) is 38.4 Å². The molecule has 9 nitrogen and oxygen atoms in total. The van der Waals surface area contributed by atoms with Crippen molar-refractivity contribution in [3.05, 3.63) is 29.8 Å². The molecule has 0 saturated carbocycles. The van der Waals surface area contributed by atoms with E-state index >= 15 is 0 Å². The number of carbonyl (C=O) groups is 2. The summed E-state index contributed by atoms with van der Waals surface area (Å²) in [6.45, 7) is 5.49. The largest absolute Gasteiger partial charge is 0.509 e. The Balaban J connectivity index is 1.52. The Morgan fingerprint density at radius 1 is 1.33 bits per heavy atom. The van der Waals surface area contributed by atoms with Crippen molar-refractivity contribution in [1.29, 1.82) is 0 Å². The maximum Gasteiger partial charge on any atom is 0.509 e. The van der Waals surface area contributed by atoms with E-state index in [9.17, 15) is 9.59 Å². The van der Waals surface area contributed by atoms with Gasteiger partial charge in [0.15, 0.2) is 6.23 Å². The highest BCUT2D eigenvalue weighted by atomic mass is 16.7. The van der Waals surface area contributed by atoms with E-state index < -0.39 is 12.4 Å². The number of benzene rings is 1. The summed E-state index contributed by atoms with van der Waals surface area (Å²) in [4.78, 5) is 27.4. The summed E-state index contributed by atoms with van der Waals surface area (Å²) in [6.07, 6.45) is -1.71. The fraction of sp³-hybridized carbons (Fsp3) is 0.556. The number of nitrogens with zero attached hydrogens (tertiary/aromatic N) is 2. The third kappa shape index (κ3) is 5.09. The van der Waals surface area contributed by atoms with Gasteiger partial charge in [-0.2, -0.15) is 0 Å². The first kappa shape index (κ1) is 19.4. The molecule has 3 rings (SSSR count). The number of amides is 1. The van der Waals surface area contributed by atoms with Gasteiger partial charge >= 0.3 is 12.2 Å². The lowest BCUT2D eigenvalue weighted by Crippen LogP contribution is -2.54. The van der Waals surface area contributed by atoms with Crippen molar-refractivity contribution < 1.29 is 23.8 Å². The van der Waals surface area contributed by atoms with Crippen LogP contribution < -0.4 is 16.0 Å². The summed E-state index contributed by atoms with van der Waals surface area (Å²) in [5, 5.41) is 3.12. The Morgan fingerprint density at radius 3 is 2.81 bits per heavy atom. The molecule has 2 atom stereocenters. The quantitative estimate of drug-likeness (QED) is 0.703. The van der Waals surface area contributed by atoms with Gasteiger partial charge in [-0.25, -0.2) is 9.59 Å². The van der Waals surface area contributed by atoms with Gasteiger partial charge in [0.25, 0.3) is 0 Å². The maximum absolute atomic E-state index is 12.2. The second kappa shape index (κ2) is 9.03. The summed E-state index contributed by atoms with van der Waals surface area (Å²) >= 11 is 0. The molecular weight excluding hydrogens is 352 g/mol. The van der Waals surface area contributed by atoms with Crippen LogP contribution in [0.1, 0.15) is 12.5 Å². The van der Waals surface area contributed by atoms with E-state index in [2.05, 4.69) is 10.2 Å². The van der Waals surface area contributed by atoms with Crippen molar-refractivity contribution in [2.45, 2.75) is 25.8 Å². The molecule has 2 fully saturated rings. The normalized spacial score (nSPS) is 23.2. The topological polar surface area (TPSA) is 106 Å². The third-order valence-corrected chi connectivity index (χ3v) is 4.54. The number of ether oxygens (including phenoxy) is 3. The van der Waals surface area contributed by atoms with Crippen LogP contribution in [0.3, 0.4) is 0 Å². The van der Waals surface area contributed by atoms with Crippen LogP contribution in [-0.2, 0) is 20.8 Å². The zero-order valence-electron chi connectivity index (χ0n) is 15.4. The first-order valence-electron chi connectivity index (χ1n) is 9.15. The van der Waals surface area contributed by atoms with Gasteiger partial charge in [-0.05, 0) is 24.6 Å². The van der Waals surface area contributed by atoms with E-state index in [1.165, 1.54) is 0 Å². The number of hydrogen-bond donors (Lipinski definition) is 2. The van der Waals surface area contributed by atoms with Crippen molar-refractivity contribution in [3.63, 3.8) is 0 Å². The zero-order valence-corrected chi connectivity index (χ0v) is 15.4. The predicted molar refractivity (Wildman–Crippen MR) is 98.3 cm³/mol. The number of rotatable bonds is 6. The fourth-order valence-electron chi connectivity index (χ4n) is 3.21. The number of nitrogens with two attached hydrogens (primary N) is 1. The summed E-state index contributed by atoms with van der Waals surface area (Å²) < 4.78 is 15.5. The van der Waals surface area contributed by atoms with Crippen LogP contribution in [0.25, 0.3) is 0 Å². The first-order valence-corrected chi connectivity index (χ1v) is 9.15. The number of anilines is 1. The fourth-order valence-corrected chi connectivity index (χ4v) is 3.21. The minimum atomic E-state index is -0.684. The monoisotopic (exact) mass is 378 g/mol. The van der Waals surface area contributed by atoms with E-state index in [4.69, 9.17) is 19.9 Å². The minimum Gasteiger partial charge on any atom is -0.443 e. The first-order chi connectivity index (χ1) is 13.1. The van der Waals surface area contributed by atoms with E-state index in [1.54, 1.807) is 11.8 Å². The van der Waals surface area contributed by atoms with E-state index in [0.717, 1.165) is 17.8 Å². The number of carbonyl (C=O) groups excluding carboxylic acids is 2. The van der Waals surface area contributed by atoms with Crippen molar-refractivity contribution in [2.75, 3.05) is 44.2 Å². The lowest BCUT2D eigenvalue weighted by Gasteiger charge is -2.33. The Morgan fingerprint density at radius 2 is 2.11 bits per heavy atom. The lowest BCUT2D eigenvalue weighted by molar-refractivity contribution is -0.0185. The van der Waals surface area contributed by atoms with Gasteiger partial charge in [-0.1, -0.05) is 12.1 Å². The van der Waals surface area contributed by atoms with Gasteiger partial charge in [0.05, 0.1) is 13.2 Å². The molecule has 2 unspecified atom stereocenters. The Bertz CT molecular complexity index is 654. The van der Waals surface area contributed by atoms with Gasteiger partial charge in [-0.3, -0.25) is 15.1 Å². The summed E-state index contributed by atoms with van der Waals surface area (Å²) in [7, 11) is 0. The van der Waals surface area contributed by atoms with E-state index in [-0.39, 0.29) is 18.8 Å². The smallest absolute Gasteiger partial charge is 0.443 e. The molecule has 0 aromatic heterocycles. The van der Waals surface area contributed by atoms with Gasteiger partial charge in [0.1, 0.15) is 6.10 Å². The highest BCUT2D eigenvalue weighted by Gasteiger charge is 2.34. The standard InChI is InChI=1S/C18H26N4O5/c1-2-25-18(24)27-16-12-21(8-7-20-16)10-15-11-22(17(23)26-15)14-5-3-13(9-19)4-6-14/h3-6,15-16,20H,2,7-12,19H2,1H3. The second-order valence-corrected chi connectivity index (χ2v) is 6.49. The van der Waals surface area contributed by atoms with Crippen molar-refractivity contribution in [3.8, 4) is 0 Å². The average molecular weight is 378 g/mol. The van der Waals surface area contributed by atoms with Crippen LogP contribution in [-0.4, -0.2) is 68.8 Å². The maximum atomic E-state index is 12.2. The van der Waals surface area contributed by atoms with Crippen LogP contribution in [0, 0.1) is 0 Å². The molecule has 0 spiro atoms. The van der Waals surface area contributed by atoms with Crippen LogP contribution >= 0.6 is 0 Å². The SMILES string of the molecule is CCOC(=O)OC1CN(CC2CN(c3ccc(CN)cc3)C(=O)O2)CCN1. The van der Waals surface area contributed by atoms with Crippen LogP contribution in [0.5, 0.6) is 0 Å². The molecule has 9 heteroatoms. The van der Waals surface area contributed by atoms with E-state index in [0.29, 0.717) is 32.7 Å². The number of nitrogens with one attached hydrogen (secondary N) is 1.